The summed E-state index contributed by atoms with van der Waals surface area (Å²) in [4.78, 5) is 0. The van der Waals surface area contributed by atoms with Gasteiger partial charge in [0, 0.05) is 0 Å². The van der Waals surface area contributed by atoms with Gasteiger partial charge in [-0.25, -0.2) is 4.39 Å². The number of fused-ring (bicyclic) bond motifs is 1. The summed E-state index contributed by atoms with van der Waals surface area (Å²) >= 11 is 5.70. The second kappa shape index (κ2) is 3.25. The summed E-state index contributed by atoms with van der Waals surface area (Å²) in [5, 5.41) is 2.07. The zero-order valence-electron chi connectivity index (χ0n) is 8.07. The molecule has 0 unspecified atom stereocenters. The van der Waals surface area contributed by atoms with Crippen molar-refractivity contribution in [1.29, 1.82) is 0 Å². The molecule has 14 heavy (non-hydrogen) atoms. The number of benzene rings is 2. The first kappa shape index (κ1) is 9.47. The summed E-state index contributed by atoms with van der Waals surface area (Å²) in [6, 6.07) is 7.14. The molecule has 0 bridgehead atoms. The van der Waals surface area contributed by atoms with Gasteiger partial charge in [-0.15, -0.1) is 0 Å². The van der Waals surface area contributed by atoms with E-state index >= 15 is 0 Å². The van der Waals surface area contributed by atoms with Crippen molar-refractivity contribution in [2.45, 2.75) is 13.8 Å². The van der Waals surface area contributed by atoms with Gasteiger partial charge in [0.05, 0.1) is 5.02 Å². The second-order valence-corrected chi connectivity index (χ2v) is 3.96. The van der Waals surface area contributed by atoms with Crippen molar-refractivity contribution in [3.8, 4) is 0 Å². The quantitative estimate of drug-likeness (QED) is 0.607. The summed E-state index contributed by atoms with van der Waals surface area (Å²) < 4.78 is 13.1. The van der Waals surface area contributed by atoms with Gasteiger partial charge in [-0.1, -0.05) is 23.7 Å². The summed E-state index contributed by atoms with van der Waals surface area (Å²) in [7, 11) is 0. The van der Waals surface area contributed by atoms with Crippen LogP contribution in [0, 0.1) is 19.7 Å². The van der Waals surface area contributed by atoms with Crippen molar-refractivity contribution in [3.63, 3.8) is 0 Å². The molecule has 2 heteroatoms. The topological polar surface area (TPSA) is 0 Å². The van der Waals surface area contributed by atoms with Crippen LogP contribution < -0.4 is 0 Å². The first-order chi connectivity index (χ1) is 6.58. The lowest BCUT2D eigenvalue weighted by atomic mass is 10.0. The molecule has 2 rings (SSSR count). The molecule has 0 aliphatic heterocycles. The van der Waals surface area contributed by atoms with Crippen LogP contribution in [0.2, 0.25) is 5.02 Å². The number of hydrogen-bond donors (Lipinski definition) is 0. The maximum atomic E-state index is 13.1. The molecule has 0 fully saturated rings. The molecular formula is C12H10ClF. The Balaban J connectivity index is 2.83. The molecule has 0 aliphatic rings. The van der Waals surface area contributed by atoms with Gasteiger partial charge in [0.25, 0.3) is 0 Å². The maximum absolute atomic E-state index is 13.1. The predicted molar refractivity (Wildman–Crippen MR) is 58.4 cm³/mol. The van der Waals surface area contributed by atoms with Gasteiger partial charge in [-0.05, 0) is 47.9 Å². The molecule has 72 valence electrons. The molecular weight excluding hydrogens is 199 g/mol. The van der Waals surface area contributed by atoms with Gasteiger partial charge in [0.2, 0.25) is 0 Å². The first-order valence-electron chi connectivity index (χ1n) is 4.44. The van der Waals surface area contributed by atoms with Crippen LogP contribution >= 0.6 is 11.6 Å². The standard InChI is InChI=1S/C12H10ClF/c1-7-3-9-5-11(13)12(14)6-10(9)4-8(7)2/h3-6H,1-2H3. The Morgan fingerprint density at radius 2 is 1.43 bits per heavy atom. The molecule has 0 saturated carbocycles. The lowest BCUT2D eigenvalue weighted by Gasteiger charge is -2.04. The minimum Gasteiger partial charge on any atom is -0.205 e. The van der Waals surface area contributed by atoms with Crippen LogP contribution in [0.15, 0.2) is 24.3 Å². The minimum absolute atomic E-state index is 0.181. The normalized spacial score (nSPS) is 10.9. The first-order valence-corrected chi connectivity index (χ1v) is 4.82. The molecule has 0 saturated heterocycles. The average Bonchev–Trinajstić information content (AvgIpc) is 2.11. The highest BCUT2D eigenvalue weighted by atomic mass is 35.5. The zero-order chi connectivity index (χ0) is 10.3. The van der Waals surface area contributed by atoms with Crippen LogP contribution in [-0.4, -0.2) is 0 Å². The van der Waals surface area contributed by atoms with E-state index in [1.807, 2.05) is 26.0 Å². The van der Waals surface area contributed by atoms with Crippen molar-refractivity contribution in [2.75, 3.05) is 0 Å². The van der Waals surface area contributed by atoms with Crippen molar-refractivity contribution < 1.29 is 4.39 Å². The molecule has 0 aliphatic carbocycles. The van der Waals surface area contributed by atoms with Gasteiger partial charge in [-0.2, -0.15) is 0 Å². The molecule has 0 nitrogen and oxygen atoms in total. The van der Waals surface area contributed by atoms with Crippen LogP contribution in [0.4, 0.5) is 4.39 Å². The van der Waals surface area contributed by atoms with E-state index in [-0.39, 0.29) is 10.8 Å². The molecule has 0 amide bonds. The molecule has 0 aromatic heterocycles. The van der Waals surface area contributed by atoms with Crippen molar-refractivity contribution >= 4 is 22.4 Å². The molecule has 2 aromatic carbocycles. The van der Waals surface area contributed by atoms with Crippen molar-refractivity contribution in [1.82, 2.24) is 0 Å². The van der Waals surface area contributed by atoms with Crippen LogP contribution in [0.5, 0.6) is 0 Å². The van der Waals surface area contributed by atoms with Gasteiger partial charge >= 0.3 is 0 Å². The van der Waals surface area contributed by atoms with Crippen molar-refractivity contribution in [2.24, 2.45) is 0 Å². The van der Waals surface area contributed by atoms with E-state index in [9.17, 15) is 4.39 Å². The summed E-state index contributed by atoms with van der Waals surface area (Å²) in [6.45, 7) is 4.05. The Morgan fingerprint density at radius 3 is 2.00 bits per heavy atom. The van der Waals surface area contributed by atoms with Gasteiger partial charge in [-0.3, -0.25) is 0 Å². The third-order valence-electron chi connectivity index (χ3n) is 2.49. The predicted octanol–water partition coefficient (Wildman–Crippen LogP) is 4.25. The lowest BCUT2D eigenvalue weighted by molar-refractivity contribution is 0.630. The highest BCUT2D eigenvalue weighted by molar-refractivity contribution is 6.31. The van der Waals surface area contributed by atoms with Crippen molar-refractivity contribution in [3.05, 3.63) is 46.2 Å². The lowest BCUT2D eigenvalue weighted by Crippen LogP contribution is -1.84. The number of rotatable bonds is 0. The highest BCUT2D eigenvalue weighted by Gasteiger charge is 2.03. The fraction of sp³-hybridized carbons (Fsp3) is 0.167. The fourth-order valence-corrected chi connectivity index (χ4v) is 1.69. The van der Waals surface area contributed by atoms with E-state index in [1.54, 1.807) is 6.07 Å². The third-order valence-corrected chi connectivity index (χ3v) is 2.78. The van der Waals surface area contributed by atoms with Gasteiger partial charge in [0.15, 0.2) is 0 Å². The summed E-state index contributed by atoms with van der Waals surface area (Å²) in [5.74, 6) is -0.359. The Bertz CT molecular complexity index is 414. The maximum Gasteiger partial charge on any atom is 0.142 e. The monoisotopic (exact) mass is 208 g/mol. The van der Waals surface area contributed by atoms with Crippen LogP contribution in [0.1, 0.15) is 11.1 Å². The summed E-state index contributed by atoms with van der Waals surface area (Å²) in [5.41, 5.74) is 2.36. The smallest absolute Gasteiger partial charge is 0.142 e. The number of aryl methyl sites for hydroxylation is 2. The number of hydrogen-bond acceptors (Lipinski definition) is 0. The SMILES string of the molecule is Cc1cc2cc(F)c(Cl)cc2cc1C. The highest BCUT2D eigenvalue weighted by Crippen LogP contribution is 2.25. The zero-order valence-corrected chi connectivity index (χ0v) is 8.82. The molecule has 0 heterocycles. The Labute approximate surface area is 87.3 Å². The molecule has 0 atom stereocenters. The van der Waals surface area contributed by atoms with E-state index in [0.717, 1.165) is 10.8 Å². The average molecular weight is 209 g/mol. The minimum atomic E-state index is -0.359. The second-order valence-electron chi connectivity index (χ2n) is 3.55. The van der Waals surface area contributed by atoms with E-state index in [2.05, 4.69) is 0 Å². The Morgan fingerprint density at radius 1 is 0.929 bits per heavy atom. The van der Waals surface area contributed by atoms with Crippen LogP contribution in [0.25, 0.3) is 10.8 Å². The largest absolute Gasteiger partial charge is 0.205 e. The van der Waals surface area contributed by atoms with E-state index in [4.69, 9.17) is 11.6 Å². The molecule has 0 spiro atoms. The van der Waals surface area contributed by atoms with E-state index < -0.39 is 0 Å². The Kier molecular flexibility index (Phi) is 2.20. The van der Waals surface area contributed by atoms with Gasteiger partial charge < -0.3 is 0 Å². The van der Waals surface area contributed by atoms with Crippen LogP contribution in [0.3, 0.4) is 0 Å². The Hall–Kier alpha value is -1.08. The van der Waals surface area contributed by atoms with E-state index in [1.165, 1.54) is 17.2 Å². The van der Waals surface area contributed by atoms with E-state index in [0.29, 0.717) is 0 Å². The third kappa shape index (κ3) is 1.48. The molecule has 2 aromatic rings. The fourth-order valence-electron chi connectivity index (χ4n) is 1.52. The molecule has 0 radical (unpaired) electrons. The number of halogens is 2. The van der Waals surface area contributed by atoms with Gasteiger partial charge in [0.1, 0.15) is 5.82 Å². The summed E-state index contributed by atoms with van der Waals surface area (Å²) in [6.07, 6.45) is 0. The van der Waals surface area contributed by atoms with Crippen LogP contribution in [-0.2, 0) is 0 Å². The molecule has 0 N–H and O–H groups in total.